The fourth-order valence-corrected chi connectivity index (χ4v) is 4.43. The summed E-state index contributed by atoms with van der Waals surface area (Å²) in [7, 11) is -2.24. The lowest BCUT2D eigenvalue weighted by Gasteiger charge is -2.20. The first-order valence-electron chi connectivity index (χ1n) is 9.79. The number of nitrogens with one attached hydrogen (secondary N) is 1. The van der Waals surface area contributed by atoms with Crippen LogP contribution in [0, 0.1) is 13.8 Å². The van der Waals surface area contributed by atoms with Gasteiger partial charge >= 0.3 is 0 Å². The molecule has 1 amide bonds. The Balaban J connectivity index is 1.89. The molecule has 0 radical (unpaired) electrons. The Hall–Kier alpha value is -3.12. The summed E-state index contributed by atoms with van der Waals surface area (Å²) in [5.74, 6) is -0.276. The van der Waals surface area contributed by atoms with Crippen molar-refractivity contribution in [3.05, 3.63) is 89.0 Å². The number of nitrogens with zero attached hydrogens (tertiary/aromatic N) is 1. The summed E-state index contributed by atoms with van der Waals surface area (Å²) >= 11 is 0. The molecule has 156 valence electrons. The first kappa shape index (κ1) is 21.6. The topological polar surface area (TPSA) is 66.5 Å². The SMILES string of the molecule is CCc1cccc(C)c1NC(=O)c1cccc(N(C)S(=O)(=O)c2ccc(C)cc2)c1. The maximum Gasteiger partial charge on any atom is 0.264 e. The molecule has 0 aliphatic heterocycles. The average molecular weight is 423 g/mol. The van der Waals surface area contributed by atoms with Gasteiger partial charge in [0.15, 0.2) is 0 Å². The van der Waals surface area contributed by atoms with Crippen molar-refractivity contribution in [3.63, 3.8) is 0 Å². The van der Waals surface area contributed by atoms with Gasteiger partial charge in [-0.15, -0.1) is 0 Å². The molecule has 0 unspecified atom stereocenters. The molecule has 1 N–H and O–H groups in total. The van der Waals surface area contributed by atoms with Crippen LogP contribution in [0.15, 0.2) is 71.6 Å². The first-order valence-corrected chi connectivity index (χ1v) is 11.2. The molecule has 6 heteroatoms. The van der Waals surface area contributed by atoms with Crippen molar-refractivity contribution in [3.8, 4) is 0 Å². The summed E-state index contributed by atoms with van der Waals surface area (Å²) in [6, 6.07) is 19.2. The molecule has 0 spiro atoms. The quantitative estimate of drug-likeness (QED) is 0.612. The Bertz CT molecular complexity index is 1170. The third-order valence-electron chi connectivity index (χ3n) is 5.13. The number of anilines is 2. The van der Waals surface area contributed by atoms with Crippen molar-refractivity contribution < 1.29 is 13.2 Å². The second kappa shape index (κ2) is 8.71. The van der Waals surface area contributed by atoms with E-state index in [0.717, 1.165) is 28.8 Å². The van der Waals surface area contributed by atoms with Gasteiger partial charge in [0.25, 0.3) is 15.9 Å². The highest BCUT2D eigenvalue weighted by Gasteiger charge is 2.22. The number of rotatable bonds is 6. The van der Waals surface area contributed by atoms with Gasteiger partial charge in [0.1, 0.15) is 0 Å². The molecule has 3 aromatic carbocycles. The largest absolute Gasteiger partial charge is 0.321 e. The lowest BCUT2D eigenvalue weighted by molar-refractivity contribution is 0.102. The minimum Gasteiger partial charge on any atom is -0.321 e. The molecule has 0 aliphatic carbocycles. The number of carbonyl (C=O) groups excluding carboxylic acids is 1. The zero-order valence-electron chi connectivity index (χ0n) is 17.6. The fraction of sp³-hybridized carbons (Fsp3) is 0.208. The molecule has 0 saturated carbocycles. The molecule has 0 aliphatic rings. The molecule has 3 aromatic rings. The van der Waals surface area contributed by atoms with E-state index in [0.29, 0.717) is 11.3 Å². The van der Waals surface area contributed by atoms with E-state index in [1.807, 2.05) is 39.0 Å². The minimum absolute atomic E-state index is 0.206. The Morgan fingerprint density at radius 2 is 1.63 bits per heavy atom. The predicted octanol–water partition coefficient (Wildman–Crippen LogP) is 4.94. The van der Waals surface area contributed by atoms with Gasteiger partial charge in [0, 0.05) is 18.3 Å². The third-order valence-corrected chi connectivity index (χ3v) is 6.93. The van der Waals surface area contributed by atoms with Crippen LogP contribution in [0.1, 0.15) is 34.0 Å². The van der Waals surface area contributed by atoms with Gasteiger partial charge in [0.05, 0.1) is 10.6 Å². The number of hydrogen-bond acceptors (Lipinski definition) is 3. The molecule has 0 heterocycles. The van der Waals surface area contributed by atoms with E-state index in [1.54, 1.807) is 48.5 Å². The van der Waals surface area contributed by atoms with Crippen LogP contribution in [-0.4, -0.2) is 21.4 Å². The van der Waals surface area contributed by atoms with Gasteiger partial charge in [-0.25, -0.2) is 8.42 Å². The van der Waals surface area contributed by atoms with Gasteiger partial charge in [0.2, 0.25) is 0 Å². The molecular formula is C24H26N2O3S. The Kier molecular flexibility index (Phi) is 6.27. The summed E-state index contributed by atoms with van der Waals surface area (Å²) in [6.45, 7) is 5.89. The number of para-hydroxylation sites is 1. The van der Waals surface area contributed by atoms with Crippen molar-refractivity contribution in [1.29, 1.82) is 0 Å². The summed E-state index contributed by atoms with van der Waals surface area (Å²) in [5.41, 5.74) is 4.64. The summed E-state index contributed by atoms with van der Waals surface area (Å²) in [4.78, 5) is 13.1. The summed E-state index contributed by atoms with van der Waals surface area (Å²) in [5, 5.41) is 2.98. The van der Waals surface area contributed by atoms with Gasteiger partial charge in [-0.3, -0.25) is 9.10 Å². The van der Waals surface area contributed by atoms with Gasteiger partial charge in [-0.05, 0) is 61.7 Å². The van der Waals surface area contributed by atoms with Crippen LogP contribution in [0.25, 0.3) is 0 Å². The Morgan fingerprint density at radius 3 is 2.30 bits per heavy atom. The van der Waals surface area contributed by atoms with Crippen molar-refractivity contribution in [2.75, 3.05) is 16.7 Å². The van der Waals surface area contributed by atoms with E-state index in [4.69, 9.17) is 0 Å². The van der Waals surface area contributed by atoms with Crippen molar-refractivity contribution in [2.45, 2.75) is 32.1 Å². The van der Waals surface area contributed by atoms with Crippen LogP contribution in [-0.2, 0) is 16.4 Å². The number of benzene rings is 3. The van der Waals surface area contributed by atoms with E-state index >= 15 is 0 Å². The lowest BCUT2D eigenvalue weighted by Crippen LogP contribution is -2.27. The molecular weight excluding hydrogens is 396 g/mol. The van der Waals surface area contributed by atoms with Crippen LogP contribution >= 0.6 is 0 Å². The van der Waals surface area contributed by atoms with E-state index < -0.39 is 10.0 Å². The number of aryl methyl sites for hydroxylation is 3. The minimum atomic E-state index is -3.73. The van der Waals surface area contributed by atoms with Gasteiger partial charge < -0.3 is 5.32 Å². The molecule has 0 atom stereocenters. The fourth-order valence-electron chi connectivity index (χ4n) is 3.24. The molecule has 3 rings (SSSR count). The number of hydrogen-bond donors (Lipinski definition) is 1. The second-order valence-electron chi connectivity index (χ2n) is 7.25. The smallest absolute Gasteiger partial charge is 0.264 e. The molecule has 0 aromatic heterocycles. The van der Waals surface area contributed by atoms with Crippen LogP contribution in [0.5, 0.6) is 0 Å². The van der Waals surface area contributed by atoms with Crippen molar-refractivity contribution in [2.24, 2.45) is 0 Å². The van der Waals surface area contributed by atoms with Crippen molar-refractivity contribution in [1.82, 2.24) is 0 Å². The monoisotopic (exact) mass is 422 g/mol. The van der Waals surface area contributed by atoms with E-state index in [-0.39, 0.29) is 10.8 Å². The standard InChI is InChI=1S/C24H26N2O3S/c1-5-19-9-6-8-18(3)23(19)25-24(27)20-10-7-11-21(16-20)26(4)30(28,29)22-14-12-17(2)13-15-22/h6-16H,5H2,1-4H3,(H,25,27). The highest BCUT2D eigenvalue weighted by atomic mass is 32.2. The molecule has 0 bridgehead atoms. The van der Waals surface area contributed by atoms with Crippen LogP contribution < -0.4 is 9.62 Å². The van der Waals surface area contributed by atoms with Crippen LogP contribution in [0.4, 0.5) is 11.4 Å². The normalized spacial score (nSPS) is 11.2. The summed E-state index contributed by atoms with van der Waals surface area (Å²) < 4.78 is 27.1. The highest BCUT2D eigenvalue weighted by Crippen LogP contribution is 2.25. The first-order chi connectivity index (χ1) is 14.2. The number of carbonyl (C=O) groups is 1. The average Bonchev–Trinajstić information content (AvgIpc) is 2.75. The van der Waals surface area contributed by atoms with Crippen LogP contribution in [0.3, 0.4) is 0 Å². The predicted molar refractivity (Wildman–Crippen MR) is 122 cm³/mol. The molecule has 30 heavy (non-hydrogen) atoms. The Morgan fingerprint density at radius 1 is 0.967 bits per heavy atom. The molecule has 0 fully saturated rings. The van der Waals surface area contributed by atoms with Crippen molar-refractivity contribution >= 4 is 27.3 Å². The van der Waals surface area contributed by atoms with Gasteiger partial charge in [-0.1, -0.05) is 48.9 Å². The number of amides is 1. The second-order valence-corrected chi connectivity index (χ2v) is 9.22. The lowest BCUT2D eigenvalue weighted by atomic mass is 10.1. The van der Waals surface area contributed by atoms with E-state index in [2.05, 4.69) is 5.32 Å². The van der Waals surface area contributed by atoms with Crippen LogP contribution in [0.2, 0.25) is 0 Å². The molecule has 5 nitrogen and oxygen atoms in total. The van der Waals surface area contributed by atoms with Gasteiger partial charge in [-0.2, -0.15) is 0 Å². The van der Waals surface area contributed by atoms with E-state index in [1.165, 1.54) is 11.4 Å². The highest BCUT2D eigenvalue weighted by molar-refractivity contribution is 7.92. The third kappa shape index (κ3) is 4.39. The number of sulfonamides is 1. The molecule has 0 saturated heterocycles. The maximum atomic E-state index is 13.0. The zero-order valence-corrected chi connectivity index (χ0v) is 18.5. The summed E-state index contributed by atoms with van der Waals surface area (Å²) in [6.07, 6.45) is 0.800. The Labute approximate surface area is 178 Å². The van der Waals surface area contributed by atoms with E-state index in [9.17, 15) is 13.2 Å². The zero-order chi connectivity index (χ0) is 21.9. The maximum absolute atomic E-state index is 13.0.